The van der Waals surface area contributed by atoms with E-state index in [2.05, 4.69) is 0 Å². The Hall–Kier alpha value is -0.590. The summed E-state index contributed by atoms with van der Waals surface area (Å²) in [4.78, 5) is 25.1. The van der Waals surface area contributed by atoms with Crippen LogP contribution in [0.15, 0.2) is 5.70 Å². The van der Waals surface area contributed by atoms with Crippen LogP contribution in [0.3, 0.4) is 0 Å². The molecule has 2 fully saturated rings. The van der Waals surface area contributed by atoms with Gasteiger partial charge in [-0.1, -0.05) is 26.7 Å². The molecule has 6 heteroatoms. The van der Waals surface area contributed by atoms with E-state index in [1.165, 1.54) is 6.42 Å². The van der Waals surface area contributed by atoms with Crippen molar-refractivity contribution in [3.8, 4) is 0 Å². The quantitative estimate of drug-likeness (QED) is 0.574. The van der Waals surface area contributed by atoms with Gasteiger partial charge in [0.15, 0.2) is 23.0 Å². The highest BCUT2D eigenvalue weighted by molar-refractivity contribution is 14.1. The number of carbonyl (C=O) groups excluding carboxylic acids is 2. The first-order valence-corrected chi connectivity index (χ1v) is 8.59. The van der Waals surface area contributed by atoms with Crippen molar-refractivity contribution in [3.05, 3.63) is 5.70 Å². The van der Waals surface area contributed by atoms with Gasteiger partial charge in [0, 0.05) is 6.04 Å². The van der Waals surface area contributed by atoms with Crippen LogP contribution < -0.4 is 5.73 Å². The number of hydrogen-bond donors (Lipinski definition) is 1. The molecule has 0 aromatic carbocycles. The molecule has 0 spiro atoms. The van der Waals surface area contributed by atoms with Gasteiger partial charge in [0.2, 0.25) is 0 Å². The van der Waals surface area contributed by atoms with Crippen molar-refractivity contribution in [3.63, 3.8) is 0 Å². The van der Waals surface area contributed by atoms with Gasteiger partial charge in [-0.2, -0.15) is 0 Å². The first-order valence-electron chi connectivity index (χ1n) is 7.71. The van der Waals surface area contributed by atoms with Gasteiger partial charge >= 0.3 is 5.97 Å². The zero-order valence-corrected chi connectivity index (χ0v) is 15.1. The van der Waals surface area contributed by atoms with Crippen LogP contribution >= 0.6 is 23.0 Å². The van der Waals surface area contributed by atoms with Crippen molar-refractivity contribution in [2.75, 3.05) is 0 Å². The van der Waals surface area contributed by atoms with Crippen molar-refractivity contribution in [1.29, 1.82) is 0 Å². The zero-order valence-electron chi connectivity index (χ0n) is 13.0. The van der Waals surface area contributed by atoms with E-state index < -0.39 is 6.04 Å². The molecule has 1 saturated carbocycles. The normalized spacial score (nSPS) is 28.6. The van der Waals surface area contributed by atoms with Crippen molar-refractivity contribution in [2.24, 2.45) is 11.7 Å². The van der Waals surface area contributed by atoms with E-state index in [1.807, 2.05) is 24.7 Å². The highest BCUT2D eigenvalue weighted by Gasteiger charge is 2.47. The number of nitrogens with two attached hydrogens (primary N) is 1. The highest BCUT2D eigenvalue weighted by atomic mass is 127. The lowest BCUT2D eigenvalue weighted by molar-refractivity contribution is -0.136. The van der Waals surface area contributed by atoms with Crippen LogP contribution in [0.1, 0.15) is 52.9 Å². The van der Waals surface area contributed by atoms with Crippen molar-refractivity contribution >= 4 is 34.9 Å². The summed E-state index contributed by atoms with van der Waals surface area (Å²) in [6.45, 7) is 5.75. The fourth-order valence-corrected chi connectivity index (χ4v) is 3.74. The molecule has 2 aliphatic rings. The summed E-state index contributed by atoms with van der Waals surface area (Å²) in [6, 6.07) is -0.563. The van der Waals surface area contributed by atoms with E-state index in [-0.39, 0.29) is 18.1 Å². The second-order valence-corrected chi connectivity index (χ2v) is 5.88. The largest absolute Gasteiger partial charge is 0.393 e. The lowest BCUT2D eigenvalue weighted by atomic mass is 9.84. The third-order valence-corrected chi connectivity index (χ3v) is 4.68. The van der Waals surface area contributed by atoms with E-state index in [9.17, 15) is 9.59 Å². The van der Waals surface area contributed by atoms with Gasteiger partial charge in [-0.3, -0.25) is 0 Å². The molecule has 0 bridgehead atoms. The van der Waals surface area contributed by atoms with E-state index in [0.717, 1.165) is 25.7 Å². The summed E-state index contributed by atoms with van der Waals surface area (Å²) in [6.07, 6.45) is 5.20. The second-order valence-electron chi connectivity index (χ2n) is 5.44. The molecule has 1 aliphatic heterocycles. The number of fused-ring (bicyclic) bond motifs is 1. The molecular formula is C15H25IN2O3. The molecule has 2 N–H and O–H groups in total. The first kappa shape index (κ1) is 18.5. The fraction of sp³-hybridized carbons (Fsp3) is 0.800. The molecule has 120 valence electrons. The monoisotopic (exact) mass is 408 g/mol. The van der Waals surface area contributed by atoms with Gasteiger partial charge in [0.25, 0.3) is 0 Å². The minimum atomic E-state index is -0.414. The van der Waals surface area contributed by atoms with Crippen molar-refractivity contribution < 1.29 is 12.7 Å². The van der Waals surface area contributed by atoms with Crippen LogP contribution in [-0.2, 0) is 12.7 Å². The molecule has 4 atom stereocenters. The third kappa shape index (κ3) is 3.99. The van der Waals surface area contributed by atoms with Gasteiger partial charge in [0.05, 0.1) is 6.04 Å². The zero-order chi connectivity index (χ0) is 16.0. The van der Waals surface area contributed by atoms with E-state index in [1.54, 1.807) is 29.9 Å². The summed E-state index contributed by atoms with van der Waals surface area (Å²) in [7, 11) is 0. The molecule has 0 aromatic heterocycles. The summed E-state index contributed by atoms with van der Waals surface area (Å²) in [5.74, 6) is 2.11. The van der Waals surface area contributed by atoms with E-state index >= 15 is 0 Å². The molecule has 3 unspecified atom stereocenters. The minimum Gasteiger partial charge on any atom is -0.393 e. The molecule has 21 heavy (non-hydrogen) atoms. The third-order valence-electron chi connectivity index (χ3n) is 4.25. The van der Waals surface area contributed by atoms with Crippen LogP contribution in [0.25, 0.3) is 0 Å². The predicted molar refractivity (Wildman–Crippen MR) is 90.3 cm³/mol. The Labute approximate surface area is 141 Å². The van der Waals surface area contributed by atoms with Gasteiger partial charge in [-0.15, -0.1) is 0 Å². The lowest BCUT2D eigenvalue weighted by Crippen LogP contribution is -2.46. The summed E-state index contributed by atoms with van der Waals surface area (Å²) in [5.41, 5.74) is 6.26. The second kappa shape index (κ2) is 8.76. The molecule has 1 saturated heterocycles. The average Bonchev–Trinajstić information content (AvgIpc) is 2.88. The maximum atomic E-state index is 12.0. The Morgan fingerprint density at radius 1 is 1.38 bits per heavy atom. The summed E-state index contributed by atoms with van der Waals surface area (Å²) >= 11 is 1.60. The first-order chi connectivity index (χ1) is 10.1. The van der Waals surface area contributed by atoms with Crippen LogP contribution in [-0.4, -0.2) is 34.9 Å². The van der Waals surface area contributed by atoms with Crippen LogP contribution in [0.5, 0.6) is 0 Å². The molecule has 1 heterocycles. The van der Waals surface area contributed by atoms with Crippen LogP contribution in [0.2, 0.25) is 0 Å². The number of hydrogen-bond acceptors (Lipinski definition) is 5. The van der Waals surface area contributed by atoms with E-state index in [0.29, 0.717) is 11.6 Å². The van der Waals surface area contributed by atoms with Gasteiger partial charge in [0.1, 0.15) is 17.7 Å². The SMILES string of the molecule is CC.CC(N)C(=C=O)N1C2CCCCC2C[C@@H]1C(=O)OI. The predicted octanol–water partition coefficient (Wildman–Crippen LogP) is 2.60. The smallest absolute Gasteiger partial charge is 0.338 e. The number of nitrogens with zero attached hydrogens (tertiary/aromatic N) is 1. The van der Waals surface area contributed by atoms with E-state index in [4.69, 9.17) is 8.80 Å². The number of halogens is 1. The maximum Gasteiger partial charge on any atom is 0.338 e. The molecule has 0 aromatic rings. The van der Waals surface area contributed by atoms with Gasteiger partial charge < -0.3 is 13.7 Å². The van der Waals surface area contributed by atoms with Crippen molar-refractivity contribution in [2.45, 2.75) is 71.0 Å². The highest BCUT2D eigenvalue weighted by Crippen LogP contribution is 2.42. The number of carbonyl (C=O) groups is 1. The minimum absolute atomic E-state index is 0.233. The molecule has 5 nitrogen and oxygen atoms in total. The molecule has 2 rings (SSSR count). The average molecular weight is 408 g/mol. The summed E-state index contributed by atoms with van der Waals surface area (Å²) < 4.78 is 4.85. The fourth-order valence-electron chi connectivity index (χ4n) is 3.45. The Kier molecular flexibility index (Phi) is 7.70. The summed E-state index contributed by atoms with van der Waals surface area (Å²) in [5, 5.41) is 0. The number of likely N-dealkylation sites (tertiary alicyclic amines) is 1. The maximum absolute atomic E-state index is 12.0. The van der Waals surface area contributed by atoms with Gasteiger partial charge in [-0.25, -0.2) is 9.59 Å². The molecule has 1 aliphatic carbocycles. The van der Waals surface area contributed by atoms with Crippen molar-refractivity contribution in [1.82, 2.24) is 4.90 Å². The number of rotatable bonds is 3. The Bertz CT molecular complexity index is 408. The Balaban J connectivity index is 0.00000106. The molecule has 0 amide bonds. The van der Waals surface area contributed by atoms with Gasteiger partial charge in [-0.05, 0) is 32.1 Å². The lowest BCUT2D eigenvalue weighted by Gasteiger charge is -2.35. The Morgan fingerprint density at radius 2 is 2.00 bits per heavy atom. The van der Waals surface area contributed by atoms with Crippen LogP contribution in [0.4, 0.5) is 0 Å². The topological polar surface area (TPSA) is 72.6 Å². The Morgan fingerprint density at radius 3 is 2.52 bits per heavy atom. The van der Waals surface area contributed by atoms with Crippen LogP contribution in [0, 0.1) is 5.92 Å². The standard InChI is InChI=1S/C13H19IN2O3.C2H6/c1-8(15)12(7-17)16-10-5-3-2-4-9(10)6-11(16)13(18)19-14;1-2/h8-11H,2-6,15H2,1H3;1-2H3/t8?,9?,10?,11-;/m1./s1. The molecule has 0 radical (unpaired) electrons. The molecular weight excluding hydrogens is 383 g/mol.